The lowest BCUT2D eigenvalue weighted by Gasteiger charge is -2.63. The second-order valence-electron chi connectivity index (χ2n) is 11.6. The summed E-state index contributed by atoms with van der Waals surface area (Å²) in [6.07, 6.45) is 6.60. The molecule has 3 N–H and O–H groups in total. The minimum atomic E-state index is -0.369. The average Bonchev–Trinajstić information content (AvgIpc) is 3.06. The van der Waals surface area contributed by atoms with Gasteiger partial charge in [0.2, 0.25) is 0 Å². The number of carbonyl (C=O) groups excluding carboxylic acids is 1. The highest BCUT2D eigenvalue weighted by Gasteiger charge is 2.65. The van der Waals surface area contributed by atoms with Crippen LogP contribution in [0.5, 0.6) is 0 Å². The van der Waals surface area contributed by atoms with Gasteiger partial charge in [0.05, 0.1) is 25.4 Å². The van der Waals surface area contributed by atoms with Crippen LogP contribution >= 0.6 is 0 Å². The van der Waals surface area contributed by atoms with Crippen molar-refractivity contribution >= 4 is 5.97 Å². The Hall–Kier alpha value is -0.650. The molecular formula is C25H42O5. The minimum Gasteiger partial charge on any atom is -0.469 e. The molecule has 0 heterocycles. The summed E-state index contributed by atoms with van der Waals surface area (Å²) >= 11 is 0. The predicted molar refractivity (Wildman–Crippen MR) is 114 cm³/mol. The molecule has 0 aromatic carbocycles. The van der Waals surface area contributed by atoms with E-state index in [0.717, 1.165) is 51.4 Å². The van der Waals surface area contributed by atoms with Crippen molar-refractivity contribution in [1.82, 2.24) is 0 Å². The first kappa shape index (κ1) is 22.5. The van der Waals surface area contributed by atoms with E-state index < -0.39 is 0 Å². The van der Waals surface area contributed by atoms with Crippen LogP contribution in [0.15, 0.2) is 0 Å². The van der Waals surface area contributed by atoms with Gasteiger partial charge in [-0.3, -0.25) is 4.79 Å². The van der Waals surface area contributed by atoms with Gasteiger partial charge in [-0.05, 0) is 97.7 Å². The van der Waals surface area contributed by atoms with Gasteiger partial charge in [-0.25, -0.2) is 0 Å². The Kier molecular flexibility index (Phi) is 6.04. The van der Waals surface area contributed by atoms with Crippen LogP contribution in [-0.2, 0) is 9.53 Å². The second-order valence-corrected chi connectivity index (χ2v) is 11.6. The summed E-state index contributed by atoms with van der Waals surface area (Å²) in [5.74, 6) is 1.81. The van der Waals surface area contributed by atoms with Crippen LogP contribution < -0.4 is 0 Å². The summed E-state index contributed by atoms with van der Waals surface area (Å²) in [5.41, 5.74) is -0.0882. The molecule has 0 bridgehead atoms. The van der Waals surface area contributed by atoms with Crippen molar-refractivity contribution in [2.45, 2.75) is 96.9 Å². The molecule has 0 aromatic rings. The Morgan fingerprint density at radius 3 is 2.50 bits per heavy atom. The topological polar surface area (TPSA) is 87.0 Å². The summed E-state index contributed by atoms with van der Waals surface area (Å²) in [5, 5.41) is 33.1. The standard InChI is InChI=1S/C25H42O5/c1-14(5-8-22(29)30-4)17-6-7-18-23-19(13-21(28)25(17,18)3)24(2)10-9-16(26)11-15(24)12-20(23)27/h14-21,23,26-28H,5-13H2,1-4H3/t14-,15+,16+,17-,18+,19+,20+,21-,23+,24+,25-/m1/s1. The molecule has 5 nitrogen and oxygen atoms in total. The Bertz CT molecular complexity index is 651. The van der Waals surface area contributed by atoms with Gasteiger partial charge in [-0.2, -0.15) is 0 Å². The molecule has 172 valence electrons. The van der Waals surface area contributed by atoms with Crippen LogP contribution in [-0.4, -0.2) is 46.7 Å². The van der Waals surface area contributed by atoms with Gasteiger partial charge in [0, 0.05) is 6.42 Å². The van der Waals surface area contributed by atoms with E-state index >= 15 is 0 Å². The molecule has 0 spiro atoms. The molecule has 30 heavy (non-hydrogen) atoms. The molecule has 0 unspecified atom stereocenters. The first-order valence-electron chi connectivity index (χ1n) is 12.2. The molecule has 0 aliphatic heterocycles. The maximum Gasteiger partial charge on any atom is 0.305 e. The zero-order valence-electron chi connectivity index (χ0n) is 19.2. The van der Waals surface area contributed by atoms with E-state index in [2.05, 4.69) is 20.8 Å². The van der Waals surface area contributed by atoms with E-state index in [-0.39, 0.29) is 41.0 Å². The van der Waals surface area contributed by atoms with Crippen LogP contribution in [0.2, 0.25) is 0 Å². The maximum atomic E-state index is 11.7. The maximum absolute atomic E-state index is 11.7. The van der Waals surface area contributed by atoms with Crippen LogP contribution in [0.1, 0.15) is 78.6 Å². The van der Waals surface area contributed by atoms with Crippen LogP contribution in [0.3, 0.4) is 0 Å². The average molecular weight is 423 g/mol. The third-order valence-corrected chi connectivity index (χ3v) is 10.6. The summed E-state index contributed by atoms with van der Waals surface area (Å²) in [4.78, 5) is 11.7. The fourth-order valence-electron chi connectivity index (χ4n) is 8.78. The van der Waals surface area contributed by atoms with E-state index in [1.807, 2.05) is 0 Å². The van der Waals surface area contributed by atoms with Crippen molar-refractivity contribution in [3.05, 3.63) is 0 Å². The lowest BCUT2D eigenvalue weighted by atomic mass is 9.43. The molecule has 5 heteroatoms. The fourth-order valence-corrected chi connectivity index (χ4v) is 8.78. The Morgan fingerprint density at radius 2 is 1.80 bits per heavy atom. The second kappa shape index (κ2) is 8.04. The van der Waals surface area contributed by atoms with E-state index in [9.17, 15) is 20.1 Å². The molecule has 0 saturated heterocycles. The molecule has 4 rings (SSSR count). The summed E-state index contributed by atoms with van der Waals surface area (Å²) in [7, 11) is 1.44. The SMILES string of the molecule is COC(=O)CC[C@@H](C)[C@H]1CC[C@H]2[C@@H]3[C@@H](O)C[C@@H]4C[C@@H](O)CC[C@]4(C)[C@H]3C[C@@H](O)[C@]12C. The fraction of sp³-hybridized carbons (Fsp3) is 0.960. The van der Waals surface area contributed by atoms with Crippen LogP contribution in [0.4, 0.5) is 0 Å². The van der Waals surface area contributed by atoms with E-state index in [0.29, 0.717) is 36.0 Å². The number of carbonyl (C=O) groups is 1. The first-order valence-corrected chi connectivity index (χ1v) is 12.2. The number of hydrogen-bond acceptors (Lipinski definition) is 5. The Balaban J connectivity index is 1.58. The zero-order valence-corrected chi connectivity index (χ0v) is 19.2. The van der Waals surface area contributed by atoms with Crippen molar-refractivity contribution in [1.29, 1.82) is 0 Å². The van der Waals surface area contributed by atoms with E-state index in [4.69, 9.17) is 4.74 Å². The number of methoxy groups -OCH3 is 1. The lowest BCUT2D eigenvalue weighted by molar-refractivity contribution is -0.207. The van der Waals surface area contributed by atoms with Crippen molar-refractivity contribution in [2.24, 2.45) is 46.3 Å². The summed E-state index contributed by atoms with van der Waals surface area (Å²) in [6, 6.07) is 0. The third kappa shape index (κ3) is 3.34. The van der Waals surface area contributed by atoms with Crippen molar-refractivity contribution in [3.63, 3.8) is 0 Å². The molecule has 0 amide bonds. The number of rotatable bonds is 4. The lowest BCUT2D eigenvalue weighted by Crippen LogP contribution is -2.62. The van der Waals surface area contributed by atoms with Gasteiger partial charge in [0.15, 0.2) is 0 Å². The van der Waals surface area contributed by atoms with Crippen molar-refractivity contribution in [3.8, 4) is 0 Å². The largest absolute Gasteiger partial charge is 0.469 e. The summed E-state index contributed by atoms with van der Waals surface area (Å²) < 4.78 is 4.83. The van der Waals surface area contributed by atoms with Crippen molar-refractivity contribution < 1.29 is 24.9 Å². The van der Waals surface area contributed by atoms with Gasteiger partial charge in [0.1, 0.15) is 0 Å². The highest BCUT2D eigenvalue weighted by atomic mass is 16.5. The number of fused-ring (bicyclic) bond motifs is 5. The predicted octanol–water partition coefficient (Wildman–Crippen LogP) is 3.54. The minimum absolute atomic E-state index is 0.111. The molecular weight excluding hydrogens is 380 g/mol. The van der Waals surface area contributed by atoms with Gasteiger partial charge in [-0.1, -0.05) is 20.8 Å². The van der Waals surface area contributed by atoms with Gasteiger partial charge < -0.3 is 20.1 Å². The molecule has 0 radical (unpaired) electrons. The van der Waals surface area contributed by atoms with E-state index in [1.54, 1.807) is 0 Å². The third-order valence-electron chi connectivity index (χ3n) is 10.6. The van der Waals surface area contributed by atoms with Crippen LogP contribution in [0.25, 0.3) is 0 Å². The van der Waals surface area contributed by atoms with Crippen molar-refractivity contribution in [2.75, 3.05) is 7.11 Å². The monoisotopic (exact) mass is 422 g/mol. The van der Waals surface area contributed by atoms with Crippen LogP contribution in [0, 0.1) is 46.3 Å². The molecule has 4 aliphatic carbocycles. The molecule has 4 fully saturated rings. The van der Waals surface area contributed by atoms with E-state index in [1.165, 1.54) is 7.11 Å². The molecule has 0 aromatic heterocycles. The first-order chi connectivity index (χ1) is 14.1. The summed E-state index contributed by atoms with van der Waals surface area (Å²) in [6.45, 7) is 6.85. The number of hydrogen-bond donors (Lipinski definition) is 3. The molecule has 4 aliphatic rings. The van der Waals surface area contributed by atoms with Gasteiger partial charge in [0.25, 0.3) is 0 Å². The molecule has 4 saturated carbocycles. The Morgan fingerprint density at radius 1 is 1.07 bits per heavy atom. The van der Waals surface area contributed by atoms with Gasteiger partial charge in [-0.15, -0.1) is 0 Å². The Labute approximate surface area is 181 Å². The number of esters is 1. The number of ether oxygens (including phenoxy) is 1. The molecule has 11 atom stereocenters. The quantitative estimate of drug-likeness (QED) is 0.603. The number of aliphatic hydroxyl groups is 3. The normalized spacial score (nSPS) is 51.4. The zero-order chi connectivity index (χ0) is 21.8. The van der Waals surface area contributed by atoms with Gasteiger partial charge >= 0.3 is 5.97 Å². The smallest absolute Gasteiger partial charge is 0.305 e. The number of aliphatic hydroxyl groups excluding tert-OH is 3. The highest BCUT2D eigenvalue weighted by molar-refractivity contribution is 5.69. The highest BCUT2D eigenvalue weighted by Crippen LogP contribution is 2.68.